The van der Waals surface area contributed by atoms with Crippen LogP contribution < -0.4 is 5.32 Å². The van der Waals surface area contributed by atoms with Gasteiger partial charge in [-0.1, -0.05) is 6.92 Å². The summed E-state index contributed by atoms with van der Waals surface area (Å²) in [7, 11) is 1.64. The van der Waals surface area contributed by atoms with Gasteiger partial charge in [-0.2, -0.15) is 13.2 Å². The molecule has 0 fully saturated rings. The summed E-state index contributed by atoms with van der Waals surface area (Å²) in [5.74, 6) is 0.292. The highest BCUT2D eigenvalue weighted by molar-refractivity contribution is 5.45. The monoisotopic (exact) mass is 233 g/mol. The summed E-state index contributed by atoms with van der Waals surface area (Å²) in [4.78, 5) is 7.73. The fraction of sp³-hybridized carbons (Fsp3) is 0.600. The van der Waals surface area contributed by atoms with E-state index in [0.29, 0.717) is 17.9 Å². The minimum Gasteiger partial charge on any atom is -0.373 e. The summed E-state index contributed by atoms with van der Waals surface area (Å²) in [5.41, 5.74) is 1.45. The Bertz CT molecular complexity index is 374. The number of aryl methyl sites for hydroxylation is 1. The van der Waals surface area contributed by atoms with Crippen LogP contribution in [0.5, 0.6) is 0 Å². The van der Waals surface area contributed by atoms with Gasteiger partial charge in [-0.25, -0.2) is 9.97 Å². The first-order valence-electron chi connectivity index (χ1n) is 4.98. The zero-order valence-electron chi connectivity index (χ0n) is 9.44. The Morgan fingerprint density at radius 2 is 1.88 bits per heavy atom. The van der Waals surface area contributed by atoms with Gasteiger partial charge in [-0.05, 0) is 13.3 Å². The molecule has 0 aromatic carbocycles. The van der Waals surface area contributed by atoms with Crippen LogP contribution in [0.4, 0.5) is 19.0 Å². The van der Waals surface area contributed by atoms with Crippen molar-refractivity contribution < 1.29 is 13.2 Å². The molecule has 0 spiro atoms. The van der Waals surface area contributed by atoms with Crippen molar-refractivity contribution in [2.75, 3.05) is 12.4 Å². The number of aromatic nitrogens is 2. The summed E-state index contributed by atoms with van der Waals surface area (Å²) >= 11 is 0. The highest BCUT2D eigenvalue weighted by Gasteiger charge is 2.29. The predicted octanol–water partition coefficient (Wildman–Crippen LogP) is 2.49. The zero-order valence-corrected chi connectivity index (χ0v) is 9.44. The lowest BCUT2D eigenvalue weighted by Crippen LogP contribution is -2.16. The molecule has 0 unspecified atom stereocenters. The van der Waals surface area contributed by atoms with Crippen LogP contribution in [-0.4, -0.2) is 23.2 Å². The van der Waals surface area contributed by atoms with Crippen molar-refractivity contribution >= 4 is 5.82 Å². The maximum absolute atomic E-state index is 12.2. The quantitative estimate of drug-likeness (QED) is 0.871. The molecule has 0 aliphatic rings. The largest absolute Gasteiger partial charge is 0.396 e. The Kier molecular flexibility index (Phi) is 3.72. The van der Waals surface area contributed by atoms with E-state index in [9.17, 15) is 13.2 Å². The van der Waals surface area contributed by atoms with Crippen molar-refractivity contribution in [3.8, 4) is 0 Å². The van der Waals surface area contributed by atoms with Crippen molar-refractivity contribution in [3.63, 3.8) is 0 Å². The fourth-order valence-corrected chi connectivity index (χ4v) is 1.54. The van der Waals surface area contributed by atoms with E-state index in [0.717, 1.165) is 5.56 Å². The van der Waals surface area contributed by atoms with Crippen molar-refractivity contribution in [1.29, 1.82) is 0 Å². The van der Waals surface area contributed by atoms with Gasteiger partial charge in [0, 0.05) is 18.3 Å². The van der Waals surface area contributed by atoms with Gasteiger partial charge in [0.2, 0.25) is 0 Å². The van der Waals surface area contributed by atoms with Gasteiger partial charge in [0.15, 0.2) is 0 Å². The first-order valence-corrected chi connectivity index (χ1v) is 4.98. The van der Waals surface area contributed by atoms with Gasteiger partial charge in [-0.15, -0.1) is 0 Å². The van der Waals surface area contributed by atoms with Crippen LogP contribution in [0.2, 0.25) is 0 Å². The Morgan fingerprint density at radius 3 is 2.31 bits per heavy atom. The number of hydrogen-bond acceptors (Lipinski definition) is 3. The summed E-state index contributed by atoms with van der Waals surface area (Å²) in [5, 5.41) is 2.80. The van der Waals surface area contributed by atoms with E-state index in [1.165, 1.54) is 0 Å². The van der Waals surface area contributed by atoms with Gasteiger partial charge in [-0.3, -0.25) is 0 Å². The van der Waals surface area contributed by atoms with Crippen molar-refractivity contribution in [2.24, 2.45) is 0 Å². The van der Waals surface area contributed by atoms with Crippen LogP contribution in [0.25, 0.3) is 0 Å². The molecule has 0 radical (unpaired) electrons. The van der Waals surface area contributed by atoms with Crippen molar-refractivity contribution in [2.45, 2.75) is 32.9 Å². The van der Waals surface area contributed by atoms with E-state index in [2.05, 4.69) is 15.3 Å². The number of anilines is 1. The summed E-state index contributed by atoms with van der Waals surface area (Å²) in [6.45, 7) is 3.61. The van der Waals surface area contributed by atoms with E-state index >= 15 is 0 Å². The highest BCUT2D eigenvalue weighted by atomic mass is 19.4. The number of alkyl halides is 3. The SMILES string of the molecule is CCc1c(C)nc(CC(F)(F)F)nc1NC. The average molecular weight is 233 g/mol. The minimum atomic E-state index is -4.27. The van der Waals surface area contributed by atoms with E-state index in [-0.39, 0.29) is 5.82 Å². The van der Waals surface area contributed by atoms with Crippen molar-refractivity contribution in [1.82, 2.24) is 9.97 Å². The lowest BCUT2D eigenvalue weighted by Gasteiger charge is -2.12. The molecule has 0 atom stereocenters. The first-order chi connectivity index (χ1) is 7.37. The third-order valence-corrected chi connectivity index (χ3v) is 2.21. The van der Waals surface area contributed by atoms with Gasteiger partial charge in [0.25, 0.3) is 0 Å². The second kappa shape index (κ2) is 4.67. The molecule has 0 aliphatic carbocycles. The molecular formula is C10H14F3N3. The third-order valence-electron chi connectivity index (χ3n) is 2.21. The number of hydrogen-bond donors (Lipinski definition) is 1. The number of nitrogens with zero attached hydrogens (tertiary/aromatic N) is 2. The Morgan fingerprint density at radius 1 is 1.25 bits per heavy atom. The zero-order chi connectivity index (χ0) is 12.3. The smallest absolute Gasteiger partial charge is 0.373 e. The molecule has 90 valence electrons. The summed E-state index contributed by atoms with van der Waals surface area (Å²) < 4.78 is 36.6. The van der Waals surface area contributed by atoms with Crippen LogP contribution in [0, 0.1) is 6.92 Å². The van der Waals surface area contributed by atoms with Gasteiger partial charge < -0.3 is 5.32 Å². The van der Waals surface area contributed by atoms with E-state index in [1.54, 1.807) is 14.0 Å². The molecule has 0 bridgehead atoms. The van der Waals surface area contributed by atoms with Gasteiger partial charge in [0.1, 0.15) is 18.1 Å². The van der Waals surface area contributed by atoms with Crippen molar-refractivity contribution in [3.05, 3.63) is 17.1 Å². The topological polar surface area (TPSA) is 37.8 Å². The molecule has 16 heavy (non-hydrogen) atoms. The molecule has 1 rings (SSSR count). The van der Waals surface area contributed by atoms with E-state index in [4.69, 9.17) is 0 Å². The molecule has 0 saturated heterocycles. The van der Waals surface area contributed by atoms with Crippen LogP contribution >= 0.6 is 0 Å². The maximum Gasteiger partial charge on any atom is 0.396 e. The molecule has 3 nitrogen and oxygen atoms in total. The molecule has 0 amide bonds. The lowest BCUT2D eigenvalue weighted by molar-refractivity contribution is -0.128. The second-order valence-corrected chi connectivity index (χ2v) is 3.45. The van der Waals surface area contributed by atoms with Crippen LogP contribution in [0.1, 0.15) is 24.0 Å². The second-order valence-electron chi connectivity index (χ2n) is 3.45. The average Bonchev–Trinajstić information content (AvgIpc) is 2.14. The van der Waals surface area contributed by atoms with Crippen LogP contribution in [0.15, 0.2) is 0 Å². The third kappa shape index (κ3) is 3.08. The Balaban J connectivity index is 3.10. The molecule has 1 aromatic rings. The molecule has 0 aliphatic heterocycles. The number of halogens is 3. The number of rotatable bonds is 3. The Hall–Kier alpha value is -1.33. The summed E-state index contributed by atoms with van der Waals surface area (Å²) in [6.07, 6.45) is -4.67. The van der Waals surface area contributed by atoms with E-state index in [1.807, 2.05) is 6.92 Å². The maximum atomic E-state index is 12.2. The van der Waals surface area contributed by atoms with Gasteiger partial charge in [0.05, 0.1) is 0 Å². The van der Waals surface area contributed by atoms with Crippen LogP contribution in [-0.2, 0) is 12.8 Å². The standard InChI is InChI=1S/C10H14F3N3/c1-4-7-6(2)15-8(5-10(11,12)13)16-9(7)14-3/h4-5H2,1-3H3,(H,14,15,16). The summed E-state index contributed by atoms with van der Waals surface area (Å²) in [6, 6.07) is 0. The molecular weight excluding hydrogens is 219 g/mol. The molecule has 1 aromatic heterocycles. The first kappa shape index (κ1) is 12.7. The van der Waals surface area contributed by atoms with Gasteiger partial charge >= 0.3 is 6.18 Å². The van der Waals surface area contributed by atoms with Crippen LogP contribution in [0.3, 0.4) is 0 Å². The predicted molar refractivity (Wildman–Crippen MR) is 55.5 cm³/mol. The molecule has 1 heterocycles. The normalized spacial score (nSPS) is 11.6. The Labute approximate surface area is 92.1 Å². The molecule has 0 saturated carbocycles. The fourth-order valence-electron chi connectivity index (χ4n) is 1.54. The van der Waals surface area contributed by atoms with E-state index < -0.39 is 12.6 Å². The molecule has 6 heteroatoms. The number of nitrogens with one attached hydrogen (secondary N) is 1. The minimum absolute atomic E-state index is 0.188. The lowest BCUT2D eigenvalue weighted by atomic mass is 10.1. The highest BCUT2D eigenvalue weighted by Crippen LogP contribution is 2.22. The molecule has 1 N–H and O–H groups in total.